The van der Waals surface area contributed by atoms with E-state index >= 15 is 0 Å². The minimum absolute atomic E-state index is 0.0560. The number of amides is 1. The van der Waals surface area contributed by atoms with Gasteiger partial charge >= 0.3 is 0 Å². The summed E-state index contributed by atoms with van der Waals surface area (Å²) in [4.78, 5) is 15.1. The number of hydrogen-bond donors (Lipinski definition) is 0. The van der Waals surface area contributed by atoms with Crippen LogP contribution in [0.25, 0.3) is 0 Å². The highest BCUT2D eigenvalue weighted by molar-refractivity contribution is 5.95. The number of unbranched alkanes of at least 4 members (excludes halogenated alkanes) is 4. The van der Waals surface area contributed by atoms with E-state index in [2.05, 4.69) is 32.0 Å². The van der Waals surface area contributed by atoms with Crippen molar-refractivity contribution in [2.24, 2.45) is 0 Å². The number of ether oxygens (including phenoxy) is 2. The Morgan fingerprint density at radius 2 is 1.53 bits per heavy atom. The van der Waals surface area contributed by atoms with Gasteiger partial charge in [-0.25, -0.2) is 0 Å². The largest absolute Gasteiger partial charge is 0.490 e. The van der Waals surface area contributed by atoms with Gasteiger partial charge in [-0.1, -0.05) is 63.8 Å². The van der Waals surface area contributed by atoms with Crippen LogP contribution in [0.1, 0.15) is 73.9 Å². The highest BCUT2D eigenvalue weighted by atomic mass is 16.5. The van der Waals surface area contributed by atoms with Crippen LogP contribution in [0.4, 0.5) is 0 Å². The molecule has 1 amide bonds. The van der Waals surface area contributed by atoms with Gasteiger partial charge in [-0.05, 0) is 48.6 Å². The standard InChI is InChI=1S/C26H35NO3/c1-3-5-9-17-29-24-14-13-22(19-25(24)30-18-10-6-4-2)26(28)27-16-15-21-11-7-8-12-23(21)20-27/h7-8,11-14,19H,3-6,9-10,15-18,20H2,1-2H3. The van der Waals surface area contributed by atoms with Crippen molar-refractivity contribution in [2.75, 3.05) is 19.8 Å². The number of benzene rings is 2. The topological polar surface area (TPSA) is 38.8 Å². The van der Waals surface area contributed by atoms with Crippen LogP contribution in [0.2, 0.25) is 0 Å². The van der Waals surface area contributed by atoms with E-state index in [1.54, 1.807) is 0 Å². The average molecular weight is 410 g/mol. The van der Waals surface area contributed by atoms with Crippen LogP contribution in [-0.2, 0) is 13.0 Å². The minimum Gasteiger partial charge on any atom is -0.490 e. The van der Waals surface area contributed by atoms with Gasteiger partial charge in [0.05, 0.1) is 13.2 Å². The lowest BCUT2D eigenvalue weighted by molar-refractivity contribution is 0.0734. The predicted molar refractivity (Wildman–Crippen MR) is 121 cm³/mol. The van der Waals surface area contributed by atoms with Gasteiger partial charge < -0.3 is 14.4 Å². The van der Waals surface area contributed by atoms with Crippen molar-refractivity contribution in [3.63, 3.8) is 0 Å². The van der Waals surface area contributed by atoms with E-state index in [0.717, 1.165) is 57.2 Å². The molecule has 1 aliphatic heterocycles. The molecule has 4 heteroatoms. The number of carbonyl (C=O) groups excluding carboxylic acids is 1. The number of hydrogen-bond acceptors (Lipinski definition) is 3. The Morgan fingerprint density at radius 1 is 0.867 bits per heavy atom. The molecule has 162 valence electrons. The average Bonchev–Trinajstić information content (AvgIpc) is 2.79. The number of nitrogens with zero attached hydrogens (tertiary/aromatic N) is 1. The monoisotopic (exact) mass is 409 g/mol. The first kappa shape index (κ1) is 22.2. The first-order valence-electron chi connectivity index (χ1n) is 11.5. The molecule has 0 saturated carbocycles. The third-order valence-electron chi connectivity index (χ3n) is 5.62. The second kappa shape index (κ2) is 11.6. The molecule has 0 unspecified atom stereocenters. The highest BCUT2D eigenvalue weighted by Crippen LogP contribution is 2.30. The molecule has 3 rings (SSSR count). The molecule has 0 aromatic heterocycles. The summed E-state index contributed by atoms with van der Waals surface area (Å²) in [5.74, 6) is 1.48. The van der Waals surface area contributed by atoms with E-state index in [-0.39, 0.29) is 5.91 Å². The van der Waals surface area contributed by atoms with Gasteiger partial charge in [-0.3, -0.25) is 4.79 Å². The summed E-state index contributed by atoms with van der Waals surface area (Å²) < 4.78 is 12.0. The molecule has 0 N–H and O–H groups in total. The third kappa shape index (κ3) is 6.01. The summed E-state index contributed by atoms with van der Waals surface area (Å²) in [6.45, 7) is 7.10. The Balaban J connectivity index is 1.71. The zero-order valence-corrected chi connectivity index (χ0v) is 18.5. The fourth-order valence-corrected chi connectivity index (χ4v) is 3.79. The van der Waals surface area contributed by atoms with Crippen molar-refractivity contribution in [2.45, 2.75) is 65.3 Å². The zero-order chi connectivity index (χ0) is 21.2. The highest BCUT2D eigenvalue weighted by Gasteiger charge is 2.22. The van der Waals surface area contributed by atoms with Crippen LogP contribution >= 0.6 is 0 Å². The molecular formula is C26H35NO3. The second-order valence-corrected chi connectivity index (χ2v) is 8.02. The fraction of sp³-hybridized carbons (Fsp3) is 0.500. The Hall–Kier alpha value is -2.49. The van der Waals surface area contributed by atoms with Crippen molar-refractivity contribution in [1.82, 2.24) is 4.90 Å². The lowest BCUT2D eigenvalue weighted by Crippen LogP contribution is -2.35. The van der Waals surface area contributed by atoms with E-state index in [1.165, 1.54) is 11.1 Å². The third-order valence-corrected chi connectivity index (χ3v) is 5.62. The van der Waals surface area contributed by atoms with Crippen molar-refractivity contribution in [1.29, 1.82) is 0 Å². The van der Waals surface area contributed by atoms with E-state index in [9.17, 15) is 4.79 Å². The lowest BCUT2D eigenvalue weighted by Gasteiger charge is -2.29. The van der Waals surface area contributed by atoms with Crippen LogP contribution < -0.4 is 9.47 Å². The van der Waals surface area contributed by atoms with Crippen molar-refractivity contribution < 1.29 is 14.3 Å². The molecule has 4 nitrogen and oxygen atoms in total. The van der Waals surface area contributed by atoms with Gasteiger partial charge in [0.2, 0.25) is 0 Å². The van der Waals surface area contributed by atoms with Crippen LogP contribution in [0, 0.1) is 0 Å². The van der Waals surface area contributed by atoms with Crippen molar-refractivity contribution in [3.8, 4) is 11.5 Å². The molecule has 1 aliphatic rings. The number of carbonyl (C=O) groups is 1. The summed E-state index contributed by atoms with van der Waals surface area (Å²) in [5.41, 5.74) is 3.25. The lowest BCUT2D eigenvalue weighted by atomic mass is 9.99. The van der Waals surface area contributed by atoms with E-state index in [0.29, 0.717) is 31.1 Å². The molecular weight excluding hydrogens is 374 g/mol. The van der Waals surface area contributed by atoms with E-state index < -0.39 is 0 Å². The summed E-state index contributed by atoms with van der Waals surface area (Å²) >= 11 is 0. The maximum atomic E-state index is 13.2. The summed E-state index contributed by atoms with van der Waals surface area (Å²) in [5, 5.41) is 0. The summed E-state index contributed by atoms with van der Waals surface area (Å²) in [6.07, 6.45) is 7.54. The predicted octanol–water partition coefficient (Wildman–Crippen LogP) is 6.02. The Kier molecular flexibility index (Phi) is 8.61. The van der Waals surface area contributed by atoms with Gasteiger partial charge in [0.15, 0.2) is 11.5 Å². The Labute approximate surface area is 181 Å². The van der Waals surface area contributed by atoms with Crippen molar-refractivity contribution in [3.05, 3.63) is 59.2 Å². The zero-order valence-electron chi connectivity index (χ0n) is 18.5. The molecule has 0 atom stereocenters. The summed E-state index contributed by atoms with van der Waals surface area (Å²) in [7, 11) is 0. The fourth-order valence-electron chi connectivity index (χ4n) is 3.79. The maximum Gasteiger partial charge on any atom is 0.254 e. The van der Waals surface area contributed by atoms with Crippen LogP contribution in [0.15, 0.2) is 42.5 Å². The smallest absolute Gasteiger partial charge is 0.254 e. The maximum absolute atomic E-state index is 13.2. The number of fused-ring (bicyclic) bond motifs is 1. The molecule has 0 radical (unpaired) electrons. The number of rotatable bonds is 11. The molecule has 1 heterocycles. The first-order chi connectivity index (χ1) is 14.7. The normalized spacial score (nSPS) is 13.1. The molecule has 2 aromatic rings. The van der Waals surface area contributed by atoms with Gasteiger partial charge in [0, 0.05) is 18.7 Å². The minimum atomic E-state index is 0.0560. The second-order valence-electron chi connectivity index (χ2n) is 8.02. The summed E-state index contributed by atoms with van der Waals surface area (Å²) in [6, 6.07) is 14.0. The molecule has 0 bridgehead atoms. The molecule has 0 spiro atoms. The SMILES string of the molecule is CCCCCOc1ccc(C(=O)N2CCc3ccccc3C2)cc1OCCCCC. The first-order valence-corrected chi connectivity index (χ1v) is 11.5. The van der Waals surface area contributed by atoms with E-state index in [4.69, 9.17) is 9.47 Å². The van der Waals surface area contributed by atoms with Crippen LogP contribution in [0.5, 0.6) is 11.5 Å². The quantitative estimate of drug-likeness (QED) is 0.426. The Morgan fingerprint density at radius 3 is 2.23 bits per heavy atom. The van der Waals surface area contributed by atoms with E-state index in [1.807, 2.05) is 29.2 Å². The van der Waals surface area contributed by atoms with Gasteiger partial charge in [-0.15, -0.1) is 0 Å². The van der Waals surface area contributed by atoms with Gasteiger partial charge in [0.25, 0.3) is 5.91 Å². The van der Waals surface area contributed by atoms with Crippen molar-refractivity contribution >= 4 is 5.91 Å². The molecule has 0 fully saturated rings. The molecule has 2 aromatic carbocycles. The Bertz CT molecular complexity index is 818. The van der Waals surface area contributed by atoms with Gasteiger partial charge in [0.1, 0.15) is 0 Å². The molecule has 0 aliphatic carbocycles. The van der Waals surface area contributed by atoms with Gasteiger partial charge in [-0.2, -0.15) is 0 Å². The molecule has 0 saturated heterocycles. The molecule has 30 heavy (non-hydrogen) atoms. The van der Waals surface area contributed by atoms with Crippen LogP contribution in [-0.4, -0.2) is 30.6 Å². The van der Waals surface area contributed by atoms with Crippen LogP contribution in [0.3, 0.4) is 0 Å².